The minimum atomic E-state index is -0.640. The number of rotatable bonds is 7. The Morgan fingerprint density at radius 1 is 0.781 bits per heavy atom. The van der Waals surface area contributed by atoms with Crippen molar-refractivity contribution in [3.05, 3.63) is 114 Å². The van der Waals surface area contributed by atoms with E-state index in [0.29, 0.717) is 23.2 Å². The number of amides is 2. The van der Waals surface area contributed by atoms with Gasteiger partial charge in [0.05, 0.1) is 6.04 Å². The molecule has 4 aromatic rings. The van der Waals surface area contributed by atoms with Crippen LogP contribution in [-0.4, -0.2) is 24.1 Å². The summed E-state index contributed by atoms with van der Waals surface area (Å²) in [7, 11) is 0. The fraction of sp³-hybridized carbons (Fsp3) is 0.0741. The van der Waals surface area contributed by atoms with Crippen molar-refractivity contribution >= 4 is 34.6 Å². The van der Waals surface area contributed by atoms with Gasteiger partial charge in [0.2, 0.25) is 0 Å². The van der Waals surface area contributed by atoms with Crippen molar-refractivity contribution in [1.82, 2.24) is 5.32 Å². The van der Waals surface area contributed by atoms with Crippen LogP contribution in [0.2, 0.25) is 0 Å². The summed E-state index contributed by atoms with van der Waals surface area (Å²) in [5, 5.41) is 7.45. The van der Waals surface area contributed by atoms with Gasteiger partial charge in [-0.05, 0) is 47.0 Å². The average Bonchev–Trinajstić information content (AvgIpc) is 2.84. The Labute approximate surface area is 186 Å². The second-order valence-electron chi connectivity index (χ2n) is 7.47. The summed E-state index contributed by atoms with van der Waals surface area (Å²) in [4.78, 5) is 37.1. The molecule has 0 spiro atoms. The van der Waals surface area contributed by atoms with Crippen LogP contribution in [-0.2, 0) is 11.2 Å². The molecular formula is C27H22N2O3. The first kappa shape index (κ1) is 21.0. The van der Waals surface area contributed by atoms with Crippen LogP contribution in [0.3, 0.4) is 0 Å². The summed E-state index contributed by atoms with van der Waals surface area (Å²) >= 11 is 0. The number of carbonyl (C=O) groups is 3. The van der Waals surface area contributed by atoms with E-state index in [2.05, 4.69) is 10.6 Å². The number of aldehydes is 1. The number of benzene rings is 4. The predicted molar refractivity (Wildman–Crippen MR) is 126 cm³/mol. The first-order chi connectivity index (χ1) is 15.6. The molecule has 158 valence electrons. The average molecular weight is 422 g/mol. The van der Waals surface area contributed by atoms with Gasteiger partial charge >= 0.3 is 0 Å². The zero-order valence-corrected chi connectivity index (χ0v) is 17.3. The highest BCUT2D eigenvalue weighted by Gasteiger charge is 2.15. The van der Waals surface area contributed by atoms with Gasteiger partial charge in [0.1, 0.15) is 6.29 Å². The van der Waals surface area contributed by atoms with Crippen molar-refractivity contribution in [3.63, 3.8) is 0 Å². The number of carbonyl (C=O) groups excluding carboxylic acids is 3. The van der Waals surface area contributed by atoms with Gasteiger partial charge in [-0.15, -0.1) is 0 Å². The maximum absolute atomic E-state index is 12.9. The maximum atomic E-state index is 12.9. The van der Waals surface area contributed by atoms with Crippen LogP contribution in [0, 0.1) is 0 Å². The lowest BCUT2D eigenvalue weighted by Crippen LogP contribution is -2.37. The van der Waals surface area contributed by atoms with E-state index >= 15 is 0 Å². The molecule has 0 aliphatic rings. The fourth-order valence-corrected chi connectivity index (χ4v) is 3.61. The van der Waals surface area contributed by atoms with Crippen LogP contribution < -0.4 is 10.6 Å². The van der Waals surface area contributed by atoms with Crippen molar-refractivity contribution in [3.8, 4) is 0 Å². The fourth-order valence-electron chi connectivity index (χ4n) is 3.61. The summed E-state index contributed by atoms with van der Waals surface area (Å²) in [6.45, 7) is 0. The van der Waals surface area contributed by atoms with Gasteiger partial charge in [0.25, 0.3) is 11.8 Å². The van der Waals surface area contributed by atoms with Gasteiger partial charge < -0.3 is 15.4 Å². The van der Waals surface area contributed by atoms with E-state index in [-0.39, 0.29) is 11.8 Å². The monoisotopic (exact) mass is 422 g/mol. The second-order valence-corrected chi connectivity index (χ2v) is 7.47. The minimum Gasteiger partial charge on any atom is -0.342 e. The molecular weight excluding hydrogens is 400 g/mol. The first-order valence-corrected chi connectivity index (χ1v) is 10.3. The summed E-state index contributed by atoms with van der Waals surface area (Å²) in [6.07, 6.45) is 1.14. The smallest absolute Gasteiger partial charge is 0.256 e. The molecule has 5 heteroatoms. The molecule has 0 aliphatic carbocycles. The van der Waals surface area contributed by atoms with Crippen LogP contribution in [0.15, 0.2) is 97.1 Å². The third-order valence-electron chi connectivity index (χ3n) is 5.20. The number of hydrogen-bond acceptors (Lipinski definition) is 3. The highest BCUT2D eigenvalue weighted by molar-refractivity contribution is 6.13. The number of hydrogen-bond donors (Lipinski definition) is 2. The van der Waals surface area contributed by atoms with Crippen LogP contribution in [0.25, 0.3) is 10.8 Å². The Hall–Kier alpha value is -4.25. The zero-order chi connectivity index (χ0) is 22.3. The normalized spacial score (nSPS) is 11.5. The number of anilines is 1. The van der Waals surface area contributed by atoms with Gasteiger partial charge in [-0.25, -0.2) is 0 Å². The van der Waals surface area contributed by atoms with Gasteiger partial charge in [-0.3, -0.25) is 9.59 Å². The highest BCUT2D eigenvalue weighted by atomic mass is 16.2. The third-order valence-corrected chi connectivity index (χ3v) is 5.20. The molecule has 4 rings (SSSR count). The standard InChI is InChI=1S/C27H22N2O3/c30-18-23(16-19-8-2-1-3-9-19)29-26(31)21-12-6-13-22(17-21)28-27(32)25-15-7-11-20-10-4-5-14-24(20)25/h1-15,17-18,23H,16H2,(H,28,32)(H,29,31)/t23-/m0/s1. The Kier molecular flexibility index (Phi) is 6.37. The van der Waals surface area contributed by atoms with Crippen molar-refractivity contribution in [1.29, 1.82) is 0 Å². The molecule has 0 heterocycles. The van der Waals surface area contributed by atoms with Crippen LogP contribution >= 0.6 is 0 Å². The van der Waals surface area contributed by atoms with Crippen molar-refractivity contribution in [2.75, 3.05) is 5.32 Å². The molecule has 0 radical (unpaired) electrons. The topological polar surface area (TPSA) is 75.3 Å². The summed E-state index contributed by atoms with van der Waals surface area (Å²) in [5.74, 6) is -0.631. The van der Waals surface area contributed by atoms with E-state index in [9.17, 15) is 14.4 Å². The van der Waals surface area contributed by atoms with Crippen LogP contribution in [0.4, 0.5) is 5.69 Å². The molecule has 5 nitrogen and oxygen atoms in total. The van der Waals surface area contributed by atoms with E-state index in [4.69, 9.17) is 0 Å². The number of nitrogens with one attached hydrogen (secondary N) is 2. The molecule has 1 atom stereocenters. The molecule has 0 aliphatic heterocycles. The Bertz CT molecular complexity index is 1260. The zero-order valence-electron chi connectivity index (χ0n) is 17.3. The quantitative estimate of drug-likeness (QED) is 0.426. The summed E-state index contributed by atoms with van der Waals surface area (Å²) in [5.41, 5.74) is 2.38. The van der Waals surface area contributed by atoms with E-state index in [1.54, 1.807) is 30.3 Å². The Morgan fingerprint density at radius 2 is 1.50 bits per heavy atom. The molecule has 0 fully saturated rings. The first-order valence-electron chi connectivity index (χ1n) is 10.3. The van der Waals surface area contributed by atoms with E-state index < -0.39 is 6.04 Å². The molecule has 0 aromatic heterocycles. The molecule has 0 saturated carbocycles. The van der Waals surface area contributed by atoms with Crippen molar-refractivity contribution in [2.24, 2.45) is 0 Å². The Balaban J connectivity index is 1.47. The van der Waals surface area contributed by atoms with Crippen molar-refractivity contribution < 1.29 is 14.4 Å². The van der Waals surface area contributed by atoms with Crippen LogP contribution in [0.5, 0.6) is 0 Å². The predicted octanol–water partition coefficient (Wildman–Crippen LogP) is 4.63. The van der Waals surface area contributed by atoms with E-state index in [1.165, 1.54) is 0 Å². The van der Waals surface area contributed by atoms with Gasteiger partial charge in [-0.1, -0.05) is 72.8 Å². The van der Waals surface area contributed by atoms with Gasteiger partial charge in [0.15, 0.2) is 0 Å². The lowest BCUT2D eigenvalue weighted by atomic mass is 10.0. The molecule has 0 unspecified atom stereocenters. The highest BCUT2D eigenvalue weighted by Crippen LogP contribution is 2.20. The van der Waals surface area contributed by atoms with Crippen molar-refractivity contribution in [2.45, 2.75) is 12.5 Å². The number of fused-ring (bicyclic) bond motifs is 1. The van der Waals surface area contributed by atoms with Gasteiger partial charge in [-0.2, -0.15) is 0 Å². The third kappa shape index (κ3) is 4.90. The molecule has 4 aromatic carbocycles. The molecule has 2 amide bonds. The van der Waals surface area contributed by atoms with E-state index in [1.807, 2.05) is 66.7 Å². The SMILES string of the molecule is O=C[C@H](Cc1ccccc1)NC(=O)c1cccc(NC(=O)c2cccc3ccccc23)c1. The van der Waals surface area contributed by atoms with E-state index in [0.717, 1.165) is 22.6 Å². The van der Waals surface area contributed by atoms with Gasteiger partial charge in [0, 0.05) is 16.8 Å². The second kappa shape index (κ2) is 9.71. The lowest BCUT2D eigenvalue weighted by molar-refractivity contribution is -0.109. The largest absolute Gasteiger partial charge is 0.342 e. The summed E-state index contributed by atoms with van der Waals surface area (Å²) in [6, 6.07) is 28.8. The Morgan fingerprint density at radius 3 is 2.31 bits per heavy atom. The summed E-state index contributed by atoms with van der Waals surface area (Å²) < 4.78 is 0. The molecule has 32 heavy (non-hydrogen) atoms. The molecule has 2 N–H and O–H groups in total. The molecule has 0 saturated heterocycles. The maximum Gasteiger partial charge on any atom is 0.256 e. The lowest BCUT2D eigenvalue weighted by Gasteiger charge is -2.14. The van der Waals surface area contributed by atoms with Crippen LogP contribution in [0.1, 0.15) is 26.3 Å². The molecule has 0 bridgehead atoms. The minimum absolute atomic E-state index is 0.255.